The minimum atomic E-state index is 0.699. The van der Waals surface area contributed by atoms with Crippen molar-refractivity contribution in [2.75, 3.05) is 25.5 Å². The number of aryl methyl sites for hydroxylation is 1. The highest BCUT2D eigenvalue weighted by atomic mass is 15.2. The number of anilines is 1. The van der Waals surface area contributed by atoms with Crippen LogP contribution in [0.15, 0.2) is 18.2 Å². The summed E-state index contributed by atoms with van der Waals surface area (Å²) in [6.45, 7) is 3.30. The smallest absolute Gasteiger partial charge is 0.0399 e. The molecule has 1 atom stereocenters. The molecule has 88 valence electrons. The number of hydrogen-bond acceptors (Lipinski definition) is 2. The van der Waals surface area contributed by atoms with Crippen molar-refractivity contribution in [2.24, 2.45) is 0 Å². The molecule has 2 nitrogen and oxygen atoms in total. The van der Waals surface area contributed by atoms with Gasteiger partial charge in [-0.1, -0.05) is 17.7 Å². The first-order valence-electron chi connectivity index (χ1n) is 6.19. The second kappa shape index (κ2) is 4.88. The number of likely N-dealkylation sites (N-methyl/N-ethyl adjacent to an activating group) is 1. The van der Waals surface area contributed by atoms with Crippen LogP contribution >= 0.6 is 0 Å². The molecule has 1 heterocycles. The quantitative estimate of drug-likeness (QED) is 0.780. The maximum Gasteiger partial charge on any atom is 0.0399 e. The van der Waals surface area contributed by atoms with Crippen LogP contribution in [0.1, 0.15) is 24.0 Å². The number of benzene rings is 1. The lowest BCUT2D eigenvalue weighted by atomic mass is 10.0. The van der Waals surface area contributed by atoms with Crippen molar-refractivity contribution in [3.8, 4) is 0 Å². The van der Waals surface area contributed by atoms with Crippen molar-refractivity contribution < 1.29 is 0 Å². The molecule has 0 bridgehead atoms. The van der Waals surface area contributed by atoms with Crippen LogP contribution in [-0.4, -0.2) is 26.7 Å². The standard InChI is InChI=1S/C14H22N2/c1-11-6-7-14-12(9-11)10-13(16(14)3)5-4-8-15-2/h6-7,9,13,15H,4-5,8,10H2,1-3H3. The number of nitrogens with zero attached hydrogens (tertiary/aromatic N) is 1. The first-order valence-corrected chi connectivity index (χ1v) is 6.19. The Balaban J connectivity index is 2.02. The summed E-state index contributed by atoms with van der Waals surface area (Å²) in [7, 11) is 4.25. The van der Waals surface area contributed by atoms with E-state index in [0.29, 0.717) is 6.04 Å². The zero-order valence-corrected chi connectivity index (χ0v) is 10.6. The number of rotatable bonds is 4. The molecule has 0 spiro atoms. The minimum absolute atomic E-state index is 0.699. The van der Waals surface area contributed by atoms with Gasteiger partial charge >= 0.3 is 0 Å². The summed E-state index contributed by atoms with van der Waals surface area (Å²) in [5, 5.41) is 3.22. The molecule has 1 N–H and O–H groups in total. The molecule has 1 aliphatic heterocycles. The lowest BCUT2D eigenvalue weighted by Crippen LogP contribution is -2.28. The molecule has 0 amide bonds. The Hall–Kier alpha value is -1.02. The van der Waals surface area contributed by atoms with E-state index in [1.54, 1.807) is 0 Å². The van der Waals surface area contributed by atoms with Gasteiger partial charge in [0, 0.05) is 18.8 Å². The van der Waals surface area contributed by atoms with Crippen LogP contribution in [0.2, 0.25) is 0 Å². The van der Waals surface area contributed by atoms with Gasteiger partial charge < -0.3 is 10.2 Å². The monoisotopic (exact) mass is 218 g/mol. The fourth-order valence-electron chi connectivity index (χ4n) is 2.62. The molecular weight excluding hydrogens is 196 g/mol. The van der Waals surface area contributed by atoms with Gasteiger partial charge in [0.05, 0.1) is 0 Å². The van der Waals surface area contributed by atoms with Gasteiger partial charge in [-0.05, 0) is 51.4 Å². The second-order valence-electron chi connectivity index (χ2n) is 4.85. The molecule has 0 radical (unpaired) electrons. The van der Waals surface area contributed by atoms with E-state index in [1.165, 1.54) is 36.1 Å². The Morgan fingerprint density at radius 3 is 3.00 bits per heavy atom. The van der Waals surface area contributed by atoms with Gasteiger partial charge in [0.25, 0.3) is 0 Å². The van der Waals surface area contributed by atoms with E-state index in [-0.39, 0.29) is 0 Å². The third-order valence-electron chi connectivity index (χ3n) is 3.58. The number of nitrogens with one attached hydrogen (secondary N) is 1. The van der Waals surface area contributed by atoms with E-state index < -0.39 is 0 Å². The van der Waals surface area contributed by atoms with Crippen molar-refractivity contribution in [1.29, 1.82) is 0 Å². The van der Waals surface area contributed by atoms with Gasteiger partial charge in [0.2, 0.25) is 0 Å². The van der Waals surface area contributed by atoms with Crippen LogP contribution in [0.3, 0.4) is 0 Å². The fraction of sp³-hybridized carbons (Fsp3) is 0.571. The first kappa shape index (κ1) is 11.5. The zero-order valence-electron chi connectivity index (χ0n) is 10.6. The van der Waals surface area contributed by atoms with Crippen LogP contribution in [0.5, 0.6) is 0 Å². The van der Waals surface area contributed by atoms with Crippen molar-refractivity contribution in [3.05, 3.63) is 29.3 Å². The molecule has 0 aliphatic carbocycles. The lowest BCUT2D eigenvalue weighted by molar-refractivity contribution is 0.564. The predicted molar refractivity (Wildman–Crippen MR) is 70.2 cm³/mol. The third kappa shape index (κ3) is 2.22. The van der Waals surface area contributed by atoms with Gasteiger partial charge in [0.1, 0.15) is 0 Å². The van der Waals surface area contributed by atoms with Crippen LogP contribution in [-0.2, 0) is 6.42 Å². The van der Waals surface area contributed by atoms with Crippen molar-refractivity contribution in [3.63, 3.8) is 0 Å². The maximum atomic E-state index is 3.22. The van der Waals surface area contributed by atoms with Crippen LogP contribution in [0, 0.1) is 6.92 Å². The van der Waals surface area contributed by atoms with Crippen LogP contribution < -0.4 is 10.2 Å². The SMILES string of the molecule is CNCCCC1Cc2cc(C)ccc2N1C. The van der Waals surface area contributed by atoms with E-state index >= 15 is 0 Å². The summed E-state index contributed by atoms with van der Waals surface area (Å²) in [4.78, 5) is 2.45. The molecule has 16 heavy (non-hydrogen) atoms. The predicted octanol–water partition coefficient (Wildman–Crippen LogP) is 2.36. The van der Waals surface area contributed by atoms with Gasteiger partial charge in [-0.15, -0.1) is 0 Å². The van der Waals surface area contributed by atoms with Gasteiger partial charge in [-0.2, -0.15) is 0 Å². The second-order valence-corrected chi connectivity index (χ2v) is 4.85. The number of fused-ring (bicyclic) bond motifs is 1. The Morgan fingerprint density at radius 2 is 2.25 bits per heavy atom. The molecule has 0 fully saturated rings. The van der Waals surface area contributed by atoms with Gasteiger partial charge in [-0.3, -0.25) is 0 Å². The Kier molecular flexibility index (Phi) is 3.49. The van der Waals surface area contributed by atoms with Crippen LogP contribution in [0.25, 0.3) is 0 Å². The highest BCUT2D eigenvalue weighted by Gasteiger charge is 2.25. The van der Waals surface area contributed by atoms with E-state index in [9.17, 15) is 0 Å². The molecule has 0 saturated carbocycles. The molecule has 0 aromatic heterocycles. The third-order valence-corrected chi connectivity index (χ3v) is 3.58. The molecule has 2 rings (SSSR count). The van der Waals surface area contributed by atoms with E-state index in [0.717, 1.165) is 6.54 Å². The Labute approximate surface area is 98.7 Å². The largest absolute Gasteiger partial charge is 0.371 e. The summed E-state index contributed by atoms with van der Waals surface area (Å²) in [5.41, 5.74) is 4.33. The molecule has 1 aromatic rings. The topological polar surface area (TPSA) is 15.3 Å². The highest BCUT2D eigenvalue weighted by molar-refractivity contribution is 5.59. The average Bonchev–Trinajstić information content (AvgIpc) is 2.56. The van der Waals surface area contributed by atoms with Gasteiger partial charge in [0.15, 0.2) is 0 Å². The molecule has 1 unspecified atom stereocenters. The lowest BCUT2D eigenvalue weighted by Gasteiger charge is -2.22. The van der Waals surface area contributed by atoms with Gasteiger partial charge in [-0.25, -0.2) is 0 Å². The Bertz CT molecular complexity index is 360. The maximum absolute atomic E-state index is 3.22. The number of hydrogen-bond donors (Lipinski definition) is 1. The molecule has 1 aliphatic rings. The minimum Gasteiger partial charge on any atom is -0.371 e. The zero-order chi connectivity index (χ0) is 11.5. The molecule has 2 heteroatoms. The van der Waals surface area contributed by atoms with Crippen LogP contribution in [0.4, 0.5) is 5.69 Å². The summed E-state index contributed by atoms with van der Waals surface area (Å²) < 4.78 is 0. The molecule has 1 aromatic carbocycles. The van der Waals surface area contributed by atoms with Crippen molar-refractivity contribution >= 4 is 5.69 Å². The fourth-order valence-corrected chi connectivity index (χ4v) is 2.62. The highest BCUT2D eigenvalue weighted by Crippen LogP contribution is 2.33. The van der Waals surface area contributed by atoms with Crippen molar-refractivity contribution in [1.82, 2.24) is 5.32 Å². The van der Waals surface area contributed by atoms with E-state index in [4.69, 9.17) is 0 Å². The van der Waals surface area contributed by atoms with E-state index in [2.05, 4.69) is 42.4 Å². The Morgan fingerprint density at radius 1 is 1.44 bits per heavy atom. The summed E-state index contributed by atoms with van der Waals surface area (Å²) in [6, 6.07) is 7.52. The van der Waals surface area contributed by atoms with Crippen molar-refractivity contribution in [2.45, 2.75) is 32.2 Å². The normalized spacial score (nSPS) is 18.9. The molecular formula is C14H22N2. The summed E-state index contributed by atoms with van der Waals surface area (Å²) >= 11 is 0. The molecule has 0 saturated heterocycles. The van der Waals surface area contributed by atoms with E-state index in [1.807, 2.05) is 7.05 Å². The summed E-state index contributed by atoms with van der Waals surface area (Å²) in [5.74, 6) is 0. The summed E-state index contributed by atoms with van der Waals surface area (Å²) in [6.07, 6.45) is 3.76. The average molecular weight is 218 g/mol. The first-order chi connectivity index (χ1) is 7.72.